The van der Waals surface area contributed by atoms with E-state index in [9.17, 15) is 9.59 Å². The van der Waals surface area contributed by atoms with Gasteiger partial charge in [-0.25, -0.2) is 4.79 Å². The quantitative estimate of drug-likeness (QED) is 0.843. The van der Waals surface area contributed by atoms with Crippen molar-refractivity contribution in [1.29, 1.82) is 0 Å². The van der Waals surface area contributed by atoms with Gasteiger partial charge in [0.05, 0.1) is 12.1 Å². The van der Waals surface area contributed by atoms with Gasteiger partial charge < -0.3 is 15.0 Å². The Morgan fingerprint density at radius 2 is 2.04 bits per heavy atom. The highest BCUT2D eigenvalue weighted by Crippen LogP contribution is 2.12. The van der Waals surface area contributed by atoms with E-state index >= 15 is 0 Å². The maximum atomic E-state index is 12.1. The van der Waals surface area contributed by atoms with Gasteiger partial charge in [-0.05, 0) is 56.3 Å². The number of allylic oxidation sites excluding steroid dienone is 2. The van der Waals surface area contributed by atoms with Gasteiger partial charge in [0, 0.05) is 19.2 Å². The van der Waals surface area contributed by atoms with Gasteiger partial charge in [0.15, 0.2) is 0 Å². The first-order chi connectivity index (χ1) is 11.4. The number of ether oxygens (including phenoxy) is 1. The van der Waals surface area contributed by atoms with Gasteiger partial charge in [0.1, 0.15) is 6.10 Å². The lowest BCUT2D eigenvalue weighted by Crippen LogP contribution is -2.36. The van der Waals surface area contributed by atoms with Crippen molar-refractivity contribution >= 4 is 11.9 Å². The fourth-order valence-corrected chi connectivity index (χ4v) is 2.34. The Balaban J connectivity index is 1.84. The number of nitrogens with one attached hydrogen (secondary N) is 1. The van der Waals surface area contributed by atoms with Gasteiger partial charge in [-0.2, -0.15) is 0 Å². The number of aryl methyl sites for hydroxylation is 2. The number of rotatable bonds is 5. The molecule has 5 nitrogen and oxygen atoms in total. The van der Waals surface area contributed by atoms with Gasteiger partial charge >= 0.3 is 5.97 Å². The Morgan fingerprint density at radius 1 is 1.29 bits per heavy atom. The summed E-state index contributed by atoms with van der Waals surface area (Å²) in [6.07, 6.45) is 5.13. The summed E-state index contributed by atoms with van der Waals surface area (Å²) >= 11 is 0. The highest BCUT2D eigenvalue weighted by molar-refractivity contribution is 5.94. The van der Waals surface area contributed by atoms with Crippen LogP contribution in [0.5, 0.6) is 0 Å². The van der Waals surface area contributed by atoms with Crippen LogP contribution in [-0.2, 0) is 9.53 Å². The summed E-state index contributed by atoms with van der Waals surface area (Å²) in [5.41, 5.74) is 3.39. The molecule has 1 aromatic carbocycles. The molecule has 0 bridgehead atoms. The minimum atomic E-state index is -0.402. The largest absolute Gasteiger partial charge is 0.457 e. The second-order valence-electron chi connectivity index (χ2n) is 6.17. The van der Waals surface area contributed by atoms with Crippen molar-refractivity contribution < 1.29 is 14.3 Å². The summed E-state index contributed by atoms with van der Waals surface area (Å²) in [6.45, 7) is 6.56. The van der Waals surface area contributed by atoms with Crippen molar-refractivity contribution in [2.75, 3.05) is 20.1 Å². The van der Waals surface area contributed by atoms with Crippen LogP contribution in [0, 0.1) is 13.8 Å². The second-order valence-corrected chi connectivity index (χ2v) is 6.17. The first-order valence-corrected chi connectivity index (χ1v) is 8.01. The minimum absolute atomic E-state index is 0.139. The van der Waals surface area contributed by atoms with E-state index in [4.69, 9.17) is 4.74 Å². The Morgan fingerprint density at radius 3 is 2.71 bits per heavy atom. The van der Waals surface area contributed by atoms with Gasteiger partial charge in [0.2, 0.25) is 5.91 Å². The van der Waals surface area contributed by atoms with Crippen molar-refractivity contribution in [1.82, 2.24) is 10.2 Å². The van der Waals surface area contributed by atoms with Crippen LogP contribution in [0.4, 0.5) is 0 Å². The molecule has 1 aliphatic heterocycles. The van der Waals surface area contributed by atoms with Crippen molar-refractivity contribution in [2.45, 2.75) is 26.9 Å². The molecule has 0 saturated carbocycles. The Bertz CT molecular complexity index is 692. The number of carbonyl (C=O) groups excluding carboxylic acids is 2. The van der Waals surface area contributed by atoms with E-state index in [1.54, 1.807) is 19.1 Å². The topological polar surface area (TPSA) is 58.6 Å². The Hall–Kier alpha value is -2.56. The van der Waals surface area contributed by atoms with E-state index in [0.717, 1.165) is 11.1 Å². The number of hydrogen-bond donors (Lipinski definition) is 1. The standard InChI is InChI=1S/C19H24N2O3/c1-13-7-8-16(10-14(13)2)19(23)24-15(3)11-20-18(22)17-6-5-9-21(4)12-17/h5-10,15H,11-12H2,1-4H3,(H,20,22). The van der Waals surface area contributed by atoms with Crippen LogP contribution >= 0.6 is 0 Å². The molecule has 0 aliphatic carbocycles. The van der Waals surface area contributed by atoms with E-state index in [2.05, 4.69) is 5.32 Å². The Kier molecular flexibility index (Phi) is 5.79. The molecule has 0 spiro atoms. The zero-order valence-corrected chi connectivity index (χ0v) is 14.6. The third-order valence-electron chi connectivity index (χ3n) is 3.95. The number of likely N-dealkylation sites (N-methyl/N-ethyl adjacent to an activating group) is 1. The zero-order valence-electron chi connectivity index (χ0n) is 14.6. The van der Waals surface area contributed by atoms with Crippen molar-refractivity contribution in [3.8, 4) is 0 Å². The molecule has 24 heavy (non-hydrogen) atoms. The zero-order chi connectivity index (χ0) is 17.7. The van der Waals surface area contributed by atoms with Crippen LogP contribution in [0.2, 0.25) is 0 Å². The van der Waals surface area contributed by atoms with Crippen LogP contribution in [-0.4, -0.2) is 43.0 Å². The molecular formula is C19H24N2O3. The second kappa shape index (κ2) is 7.81. The average molecular weight is 328 g/mol. The van der Waals surface area contributed by atoms with Crippen molar-refractivity contribution in [3.05, 3.63) is 58.8 Å². The van der Waals surface area contributed by atoms with Gasteiger partial charge in [0.25, 0.3) is 0 Å². The molecule has 0 radical (unpaired) electrons. The molecule has 1 heterocycles. The smallest absolute Gasteiger partial charge is 0.338 e. The summed E-state index contributed by atoms with van der Waals surface area (Å²) in [4.78, 5) is 26.2. The molecule has 0 fully saturated rings. The summed E-state index contributed by atoms with van der Waals surface area (Å²) in [5.74, 6) is -0.514. The average Bonchev–Trinajstić information content (AvgIpc) is 2.55. The SMILES string of the molecule is Cc1ccc(C(=O)OC(C)CNC(=O)C2=CC=CN(C)C2)cc1C. The van der Waals surface area contributed by atoms with Crippen molar-refractivity contribution in [2.24, 2.45) is 0 Å². The molecule has 1 amide bonds. The number of amides is 1. The molecule has 0 aromatic heterocycles. The molecule has 1 N–H and O–H groups in total. The molecule has 1 aliphatic rings. The lowest BCUT2D eigenvalue weighted by Gasteiger charge is -2.20. The number of esters is 1. The molecule has 128 valence electrons. The fourth-order valence-electron chi connectivity index (χ4n) is 2.34. The van der Waals surface area contributed by atoms with Crippen molar-refractivity contribution in [3.63, 3.8) is 0 Å². The molecule has 1 atom stereocenters. The van der Waals surface area contributed by atoms with Crippen LogP contribution in [0.3, 0.4) is 0 Å². The van der Waals surface area contributed by atoms with Crippen LogP contribution in [0.25, 0.3) is 0 Å². The molecule has 0 saturated heterocycles. The fraction of sp³-hybridized carbons (Fsp3) is 0.368. The molecule has 2 rings (SSSR count). The summed E-state index contributed by atoms with van der Waals surface area (Å²) in [7, 11) is 1.91. The highest BCUT2D eigenvalue weighted by atomic mass is 16.5. The van der Waals surface area contributed by atoms with Crippen LogP contribution in [0.15, 0.2) is 42.1 Å². The normalized spacial score (nSPS) is 14.8. The highest BCUT2D eigenvalue weighted by Gasteiger charge is 2.16. The van der Waals surface area contributed by atoms with Crippen LogP contribution < -0.4 is 5.32 Å². The summed E-state index contributed by atoms with van der Waals surface area (Å²) in [5, 5.41) is 2.81. The molecule has 1 aromatic rings. The molecular weight excluding hydrogens is 304 g/mol. The van der Waals surface area contributed by atoms with Crippen LogP contribution in [0.1, 0.15) is 28.4 Å². The number of hydrogen-bond acceptors (Lipinski definition) is 4. The third kappa shape index (κ3) is 4.72. The predicted molar refractivity (Wildman–Crippen MR) is 93.7 cm³/mol. The van der Waals surface area contributed by atoms with E-state index < -0.39 is 6.10 Å². The first-order valence-electron chi connectivity index (χ1n) is 8.01. The predicted octanol–water partition coefficient (Wildman–Crippen LogP) is 2.35. The van der Waals surface area contributed by atoms with Gasteiger partial charge in [-0.1, -0.05) is 12.1 Å². The summed E-state index contributed by atoms with van der Waals surface area (Å²) < 4.78 is 5.39. The van der Waals surface area contributed by atoms with Gasteiger partial charge in [-0.3, -0.25) is 4.79 Å². The number of nitrogens with zero attached hydrogens (tertiary/aromatic N) is 1. The van der Waals surface area contributed by atoms with E-state index in [0.29, 0.717) is 17.7 Å². The monoisotopic (exact) mass is 328 g/mol. The summed E-state index contributed by atoms with van der Waals surface area (Å²) in [6, 6.07) is 5.47. The van der Waals surface area contributed by atoms with E-state index in [1.165, 1.54) is 0 Å². The lowest BCUT2D eigenvalue weighted by atomic mass is 10.1. The Labute approximate surface area is 143 Å². The number of carbonyl (C=O) groups is 2. The van der Waals surface area contributed by atoms with E-state index in [-0.39, 0.29) is 18.4 Å². The number of benzene rings is 1. The third-order valence-corrected chi connectivity index (χ3v) is 3.95. The molecule has 5 heteroatoms. The maximum Gasteiger partial charge on any atom is 0.338 e. The lowest BCUT2D eigenvalue weighted by molar-refractivity contribution is -0.118. The van der Waals surface area contributed by atoms with Gasteiger partial charge in [-0.15, -0.1) is 0 Å². The molecule has 1 unspecified atom stereocenters. The van der Waals surface area contributed by atoms with E-state index in [1.807, 2.05) is 50.2 Å². The first kappa shape index (κ1) is 17.8. The maximum absolute atomic E-state index is 12.1. The minimum Gasteiger partial charge on any atom is -0.457 e.